The van der Waals surface area contributed by atoms with Gasteiger partial charge in [0.2, 0.25) is 0 Å². The number of nitrogens with one attached hydrogen (secondary N) is 1. The molecule has 1 aliphatic heterocycles. The predicted molar refractivity (Wildman–Crippen MR) is 103 cm³/mol. The summed E-state index contributed by atoms with van der Waals surface area (Å²) in [5, 5.41) is 2.75. The molecular weight excluding hydrogens is 391 g/mol. The van der Waals surface area contributed by atoms with E-state index in [9.17, 15) is 18.8 Å². The van der Waals surface area contributed by atoms with Crippen molar-refractivity contribution in [2.45, 2.75) is 0 Å². The molecule has 1 saturated heterocycles. The molecule has 27 heavy (non-hydrogen) atoms. The standard InChI is InChI=1S/C19H14ClFN2O3S/c20-14-6-4-12(5-7-14)10-16-18(25)23(19(26)27-16)9-8-22-17(24)13-2-1-3-15(21)11-13/h1-7,10-11H,8-9H2,(H,22,24)/b16-10+. The van der Waals surface area contributed by atoms with E-state index in [1.807, 2.05) is 0 Å². The second kappa shape index (κ2) is 8.37. The highest BCUT2D eigenvalue weighted by Crippen LogP contribution is 2.32. The van der Waals surface area contributed by atoms with Crippen LogP contribution in [0.15, 0.2) is 53.4 Å². The SMILES string of the molecule is O=C(NCCN1C(=O)S/C(=C/c2ccc(Cl)cc2)C1=O)c1cccc(F)c1. The number of nitrogens with zero attached hydrogens (tertiary/aromatic N) is 1. The summed E-state index contributed by atoms with van der Waals surface area (Å²) < 4.78 is 13.1. The number of amides is 3. The minimum absolute atomic E-state index is 0.0314. The van der Waals surface area contributed by atoms with E-state index < -0.39 is 22.9 Å². The lowest BCUT2D eigenvalue weighted by Gasteiger charge is -2.13. The topological polar surface area (TPSA) is 66.5 Å². The third-order valence-electron chi connectivity index (χ3n) is 3.75. The molecule has 0 aliphatic carbocycles. The molecule has 3 rings (SSSR count). The van der Waals surface area contributed by atoms with Gasteiger partial charge in [-0.05, 0) is 53.7 Å². The average molecular weight is 405 g/mol. The monoisotopic (exact) mass is 404 g/mol. The average Bonchev–Trinajstić information content (AvgIpc) is 2.91. The first-order chi connectivity index (χ1) is 12.9. The van der Waals surface area contributed by atoms with E-state index in [2.05, 4.69) is 5.32 Å². The van der Waals surface area contributed by atoms with Crippen molar-refractivity contribution in [3.05, 3.63) is 75.4 Å². The predicted octanol–water partition coefficient (Wildman–Crippen LogP) is 3.95. The molecule has 0 unspecified atom stereocenters. The lowest BCUT2D eigenvalue weighted by atomic mass is 10.2. The lowest BCUT2D eigenvalue weighted by molar-refractivity contribution is -0.122. The molecule has 0 aromatic heterocycles. The Morgan fingerprint density at radius 1 is 1.19 bits per heavy atom. The van der Waals surface area contributed by atoms with Crippen LogP contribution in [-0.4, -0.2) is 35.0 Å². The fraction of sp³-hybridized carbons (Fsp3) is 0.105. The zero-order valence-corrected chi connectivity index (χ0v) is 15.5. The second-order valence-corrected chi connectivity index (χ2v) is 7.08. The molecule has 1 fully saturated rings. The molecule has 1 aliphatic rings. The molecule has 1 N–H and O–H groups in total. The normalized spacial score (nSPS) is 15.5. The third kappa shape index (κ3) is 4.75. The Morgan fingerprint density at radius 2 is 1.93 bits per heavy atom. The van der Waals surface area contributed by atoms with Crippen LogP contribution in [0, 0.1) is 5.82 Å². The van der Waals surface area contributed by atoms with Gasteiger partial charge in [0.25, 0.3) is 17.1 Å². The van der Waals surface area contributed by atoms with Gasteiger partial charge in [-0.25, -0.2) is 4.39 Å². The van der Waals surface area contributed by atoms with Gasteiger partial charge in [0.1, 0.15) is 5.82 Å². The Hall–Kier alpha value is -2.64. The van der Waals surface area contributed by atoms with Gasteiger partial charge in [-0.1, -0.05) is 29.8 Å². The first-order valence-corrected chi connectivity index (χ1v) is 9.18. The van der Waals surface area contributed by atoms with Gasteiger partial charge >= 0.3 is 0 Å². The smallest absolute Gasteiger partial charge is 0.293 e. The van der Waals surface area contributed by atoms with E-state index in [1.165, 1.54) is 18.2 Å². The van der Waals surface area contributed by atoms with Crippen molar-refractivity contribution in [1.29, 1.82) is 0 Å². The summed E-state index contributed by atoms with van der Waals surface area (Å²) in [5.41, 5.74) is 0.927. The van der Waals surface area contributed by atoms with E-state index in [0.29, 0.717) is 9.93 Å². The molecule has 5 nitrogen and oxygen atoms in total. The first-order valence-electron chi connectivity index (χ1n) is 7.99. The van der Waals surface area contributed by atoms with Crippen LogP contribution in [0.5, 0.6) is 0 Å². The van der Waals surface area contributed by atoms with E-state index >= 15 is 0 Å². The Bertz CT molecular complexity index is 931. The fourth-order valence-electron chi connectivity index (χ4n) is 2.42. The number of carbonyl (C=O) groups excluding carboxylic acids is 3. The van der Waals surface area contributed by atoms with Crippen molar-refractivity contribution in [2.75, 3.05) is 13.1 Å². The van der Waals surface area contributed by atoms with Crippen LogP contribution in [-0.2, 0) is 4.79 Å². The number of imide groups is 1. The first kappa shape index (κ1) is 19.1. The molecule has 2 aromatic rings. The van der Waals surface area contributed by atoms with Crippen LogP contribution in [0.4, 0.5) is 9.18 Å². The maximum absolute atomic E-state index is 13.1. The molecule has 1 heterocycles. The van der Waals surface area contributed by atoms with Crippen LogP contribution < -0.4 is 5.32 Å². The number of rotatable bonds is 5. The van der Waals surface area contributed by atoms with E-state index in [4.69, 9.17) is 11.6 Å². The van der Waals surface area contributed by atoms with Crippen LogP contribution >= 0.6 is 23.4 Å². The number of thioether (sulfide) groups is 1. The van der Waals surface area contributed by atoms with Crippen molar-refractivity contribution in [2.24, 2.45) is 0 Å². The minimum atomic E-state index is -0.513. The van der Waals surface area contributed by atoms with Gasteiger partial charge in [-0.15, -0.1) is 0 Å². The highest BCUT2D eigenvalue weighted by atomic mass is 35.5. The van der Waals surface area contributed by atoms with Crippen LogP contribution in [0.1, 0.15) is 15.9 Å². The summed E-state index contributed by atoms with van der Waals surface area (Å²) in [7, 11) is 0. The number of hydrogen-bond donors (Lipinski definition) is 1. The van der Waals surface area contributed by atoms with E-state index in [0.717, 1.165) is 28.3 Å². The van der Waals surface area contributed by atoms with Gasteiger partial charge < -0.3 is 5.32 Å². The second-order valence-electron chi connectivity index (χ2n) is 5.65. The molecule has 8 heteroatoms. The van der Waals surface area contributed by atoms with Crippen LogP contribution in [0.3, 0.4) is 0 Å². The third-order valence-corrected chi connectivity index (χ3v) is 4.91. The van der Waals surface area contributed by atoms with Crippen molar-refractivity contribution < 1.29 is 18.8 Å². The number of carbonyl (C=O) groups is 3. The highest BCUT2D eigenvalue weighted by Gasteiger charge is 2.34. The van der Waals surface area contributed by atoms with Gasteiger partial charge in [-0.2, -0.15) is 0 Å². The number of halogens is 2. The molecule has 0 radical (unpaired) electrons. The fourth-order valence-corrected chi connectivity index (χ4v) is 3.41. The zero-order valence-electron chi connectivity index (χ0n) is 13.9. The maximum Gasteiger partial charge on any atom is 0.293 e. The van der Waals surface area contributed by atoms with Crippen molar-refractivity contribution in [3.63, 3.8) is 0 Å². The summed E-state index contributed by atoms with van der Waals surface area (Å²) in [6.45, 7) is 0.102. The van der Waals surface area contributed by atoms with Crippen molar-refractivity contribution >= 4 is 46.5 Å². The maximum atomic E-state index is 13.1. The Kier molecular flexibility index (Phi) is 5.93. The molecule has 0 bridgehead atoms. The van der Waals surface area contributed by atoms with Gasteiger partial charge in [-0.3, -0.25) is 19.3 Å². The summed E-state index contributed by atoms with van der Waals surface area (Å²) in [5.74, 6) is -1.40. The van der Waals surface area contributed by atoms with Gasteiger partial charge in [0.15, 0.2) is 0 Å². The summed E-state index contributed by atoms with van der Waals surface area (Å²) in [6.07, 6.45) is 1.62. The van der Waals surface area contributed by atoms with E-state index in [1.54, 1.807) is 30.3 Å². The Morgan fingerprint density at radius 3 is 2.63 bits per heavy atom. The van der Waals surface area contributed by atoms with Crippen molar-refractivity contribution in [1.82, 2.24) is 10.2 Å². The Labute approximate surface area is 164 Å². The summed E-state index contributed by atoms with van der Waals surface area (Å²) in [6, 6.07) is 12.1. The number of benzene rings is 2. The Balaban J connectivity index is 1.59. The molecule has 2 aromatic carbocycles. The van der Waals surface area contributed by atoms with E-state index in [-0.39, 0.29) is 18.7 Å². The summed E-state index contributed by atoms with van der Waals surface area (Å²) >= 11 is 6.67. The zero-order chi connectivity index (χ0) is 19.4. The summed E-state index contributed by atoms with van der Waals surface area (Å²) in [4.78, 5) is 37.8. The van der Waals surface area contributed by atoms with Crippen LogP contribution in [0.25, 0.3) is 6.08 Å². The molecule has 0 saturated carbocycles. The lowest BCUT2D eigenvalue weighted by Crippen LogP contribution is -2.37. The van der Waals surface area contributed by atoms with Gasteiger partial charge in [0.05, 0.1) is 4.91 Å². The molecule has 3 amide bonds. The largest absolute Gasteiger partial charge is 0.350 e. The van der Waals surface area contributed by atoms with Crippen LogP contribution in [0.2, 0.25) is 5.02 Å². The van der Waals surface area contributed by atoms with Gasteiger partial charge in [0, 0.05) is 23.7 Å². The molecular formula is C19H14ClFN2O3S. The minimum Gasteiger partial charge on any atom is -0.350 e. The molecule has 138 valence electrons. The van der Waals surface area contributed by atoms with Crippen molar-refractivity contribution in [3.8, 4) is 0 Å². The number of hydrogen-bond acceptors (Lipinski definition) is 4. The highest BCUT2D eigenvalue weighted by molar-refractivity contribution is 8.18. The molecule has 0 atom stereocenters. The quantitative estimate of drug-likeness (QED) is 0.766. The molecule has 0 spiro atoms.